The van der Waals surface area contributed by atoms with E-state index in [4.69, 9.17) is 0 Å². The number of amides is 2. The SMILES string of the molecule is COC(=O)Nc1ccc(NC(=O)C(Cc2ccccc2)C(=O)O)cc1.[H-].[Li+]. The van der Waals surface area contributed by atoms with Crippen molar-refractivity contribution in [2.45, 2.75) is 6.42 Å². The molecule has 1 unspecified atom stereocenters. The predicted molar refractivity (Wildman–Crippen MR) is 93.5 cm³/mol. The molecule has 2 aromatic rings. The number of ether oxygens (including phenoxy) is 1. The number of carboxylic acids is 1. The molecule has 0 bridgehead atoms. The number of rotatable bonds is 6. The number of hydrogen-bond acceptors (Lipinski definition) is 4. The van der Waals surface area contributed by atoms with Gasteiger partial charge in [0.2, 0.25) is 5.91 Å². The van der Waals surface area contributed by atoms with Gasteiger partial charge >= 0.3 is 30.9 Å². The van der Waals surface area contributed by atoms with Crippen molar-refractivity contribution in [3.8, 4) is 0 Å². The minimum Gasteiger partial charge on any atom is -1.00 e. The Morgan fingerprint density at radius 2 is 1.54 bits per heavy atom. The van der Waals surface area contributed by atoms with Gasteiger partial charge in [-0.1, -0.05) is 30.3 Å². The van der Waals surface area contributed by atoms with Crippen molar-refractivity contribution in [3.63, 3.8) is 0 Å². The molecule has 0 spiro atoms. The minimum absolute atomic E-state index is 0. The van der Waals surface area contributed by atoms with Crippen molar-refractivity contribution in [3.05, 3.63) is 60.2 Å². The molecule has 3 N–H and O–H groups in total. The Morgan fingerprint density at radius 1 is 1.00 bits per heavy atom. The van der Waals surface area contributed by atoms with Crippen LogP contribution in [0.2, 0.25) is 0 Å². The summed E-state index contributed by atoms with van der Waals surface area (Å²) in [4.78, 5) is 34.8. The molecule has 2 amide bonds. The molecule has 8 heteroatoms. The van der Waals surface area contributed by atoms with Crippen molar-refractivity contribution >= 4 is 29.3 Å². The Bertz CT molecular complexity index is 756. The molecular weight excluding hydrogens is 331 g/mol. The van der Waals surface area contributed by atoms with E-state index in [0.29, 0.717) is 11.4 Å². The van der Waals surface area contributed by atoms with Gasteiger partial charge in [0, 0.05) is 11.4 Å². The molecule has 0 heterocycles. The summed E-state index contributed by atoms with van der Waals surface area (Å²) in [6, 6.07) is 15.2. The summed E-state index contributed by atoms with van der Waals surface area (Å²) in [5.41, 5.74) is 1.69. The monoisotopic (exact) mass is 350 g/mol. The first-order chi connectivity index (χ1) is 12.0. The fourth-order valence-electron chi connectivity index (χ4n) is 2.18. The van der Waals surface area contributed by atoms with E-state index in [1.165, 1.54) is 7.11 Å². The molecule has 2 rings (SSSR count). The van der Waals surface area contributed by atoms with E-state index in [1.54, 1.807) is 48.5 Å². The van der Waals surface area contributed by atoms with E-state index in [9.17, 15) is 19.5 Å². The van der Waals surface area contributed by atoms with Crippen LogP contribution in [0, 0.1) is 5.92 Å². The van der Waals surface area contributed by atoms with Crippen LogP contribution in [-0.2, 0) is 20.7 Å². The standard InChI is InChI=1S/C18H18N2O5.Li.H/c1-25-18(24)20-14-9-7-13(8-10-14)19-16(21)15(17(22)23)11-12-5-3-2-4-6-12;;/h2-10,15H,11H2,1H3,(H,19,21)(H,20,24)(H,22,23);;/q;+1;-1. The topological polar surface area (TPSA) is 105 Å². The maximum absolute atomic E-state index is 12.3. The van der Waals surface area contributed by atoms with Gasteiger partial charge in [-0.3, -0.25) is 14.9 Å². The molecule has 132 valence electrons. The van der Waals surface area contributed by atoms with Crippen LogP contribution in [-0.4, -0.2) is 30.2 Å². The second-order valence-electron chi connectivity index (χ2n) is 5.26. The number of anilines is 2. The first-order valence-corrected chi connectivity index (χ1v) is 7.52. The Balaban J connectivity index is 0.00000338. The van der Waals surface area contributed by atoms with Gasteiger partial charge < -0.3 is 16.6 Å². The van der Waals surface area contributed by atoms with Crippen LogP contribution in [0.3, 0.4) is 0 Å². The van der Waals surface area contributed by atoms with E-state index >= 15 is 0 Å². The maximum Gasteiger partial charge on any atom is 1.00 e. The molecule has 0 saturated carbocycles. The molecular formula is C18H19LiN2O5. The molecule has 2 aromatic carbocycles. The molecule has 1 atom stereocenters. The van der Waals surface area contributed by atoms with Crippen molar-refractivity contribution in [2.24, 2.45) is 5.92 Å². The van der Waals surface area contributed by atoms with Crippen LogP contribution in [0.1, 0.15) is 6.99 Å². The first-order valence-electron chi connectivity index (χ1n) is 7.52. The molecule has 0 aliphatic rings. The van der Waals surface area contributed by atoms with Gasteiger partial charge in [-0.2, -0.15) is 0 Å². The molecule has 0 fully saturated rings. The van der Waals surface area contributed by atoms with Gasteiger partial charge in [-0.25, -0.2) is 4.79 Å². The average molecular weight is 350 g/mol. The average Bonchev–Trinajstić information content (AvgIpc) is 2.61. The molecule has 0 aliphatic carbocycles. The van der Waals surface area contributed by atoms with Crippen molar-refractivity contribution in [2.75, 3.05) is 17.7 Å². The van der Waals surface area contributed by atoms with Gasteiger partial charge in [0.05, 0.1) is 7.11 Å². The Hall–Kier alpha value is -2.75. The molecule has 0 saturated heterocycles. The zero-order valence-corrected chi connectivity index (χ0v) is 14.6. The van der Waals surface area contributed by atoms with E-state index in [1.807, 2.05) is 6.07 Å². The number of carbonyl (C=O) groups excluding carboxylic acids is 2. The number of carboxylic acid groups (broad SMARTS) is 1. The van der Waals surface area contributed by atoms with Crippen molar-refractivity contribution in [1.29, 1.82) is 0 Å². The number of aliphatic carboxylic acids is 1. The van der Waals surface area contributed by atoms with Gasteiger partial charge in [-0.15, -0.1) is 0 Å². The van der Waals surface area contributed by atoms with E-state index in [-0.39, 0.29) is 26.7 Å². The molecule has 0 aromatic heterocycles. The summed E-state index contributed by atoms with van der Waals surface area (Å²) in [6.45, 7) is 0. The first kappa shape index (κ1) is 21.3. The van der Waals surface area contributed by atoms with Crippen LogP contribution < -0.4 is 29.5 Å². The van der Waals surface area contributed by atoms with E-state index < -0.39 is 23.9 Å². The molecule has 7 nitrogen and oxygen atoms in total. The fraction of sp³-hybridized carbons (Fsp3) is 0.167. The summed E-state index contributed by atoms with van der Waals surface area (Å²) in [7, 11) is 1.25. The number of nitrogens with one attached hydrogen (secondary N) is 2. The van der Waals surface area contributed by atoms with Crippen molar-refractivity contribution < 1.29 is 44.5 Å². The number of benzene rings is 2. The van der Waals surface area contributed by atoms with E-state index in [2.05, 4.69) is 15.4 Å². The zero-order valence-electron chi connectivity index (χ0n) is 15.6. The van der Waals surface area contributed by atoms with Crippen molar-refractivity contribution in [1.82, 2.24) is 0 Å². The quantitative estimate of drug-likeness (QED) is 0.497. The van der Waals surface area contributed by atoms with Crippen LogP contribution >= 0.6 is 0 Å². The third-order valence-electron chi connectivity index (χ3n) is 3.48. The van der Waals surface area contributed by atoms with Crippen LogP contribution in [0.15, 0.2) is 54.6 Å². The van der Waals surface area contributed by atoms with Gasteiger partial charge in [0.1, 0.15) is 5.92 Å². The molecule has 0 aliphatic heterocycles. The smallest absolute Gasteiger partial charge is 1.00 e. The predicted octanol–water partition coefficient (Wildman–Crippen LogP) is -0.137. The van der Waals surface area contributed by atoms with Crippen LogP contribution in [0.4, 0.5) is 16.2 Å². The molecule has 0 radical (unpaired) electrons. The number of hydrogen-bond donors (Lipinski definition) is 3. The van der Waals surface area contributed by atoms with Gasteiger partial charge in [-0.05, 0) is 36.2 Å². The Labute approximate surface area is 164 Å². The number of methoxy groups -OCH3 is 1. The van der Waals surface area contributed by atoms with Crippen LogP contribution in [0.5, 0.6) is 0 Å². The normalized spacial score (nSPS) is 10.8. The Morgan fingerprint density at radius 3 is 2.04 bits per heavy atom. The zero-order chi connectivity index (χ0) is 18.2. The van der Waals surface area contributed by atoms with Crippen LogP contribution in [0.25, 0.3) is 0 Å². The largest absolute Gasteiger partial charge is 1.00 e. The minimum atomic E-state index is -1.20. The maximum atomic E-state index is 12.3. The second-order valence-corrected chi connectivity index (χ2v) is 5.26. The second kappa shape index (κ2) is 10.3. The molecule has 26 heavy (non-hydrogen) atoms. The number of carbonyl (C=O) groups is 3. The summed E-state index contributed by atoms with van der Waals surface area (Å²) in [6.07, 6.45) is -0.505. The summed E-state index contributed by atoms with van der Waals surface area (Å²) < 4.78 is 4.48. The van der Waals surface area contributed by atoms with Gasteiger partial charge in [0.25, 0.3) is 0 Å². The van der Waals surface area contributed by atoms with E-state index in [0.717, 1.165) is 5.56 Å². The summed E-state index contributed by atoms with van der Waals surface area (Å²) >= 11 is 0. The Kier molecular flexibility index (Phi) is 8.42. The third kappa shape index (κ3) is 6.28. The van der Waals surface area contributed by atoms with Gasteiger partial charge in [0.15, 0.2) is 0 Å². The fourth-order valence-corrected chi connectivity index (χ4v) is 2.18. The third-order valence-corrected chi connectivity index (χ3v) is 3.48. The summed E-state index contributed by atoms with van der Waals surface area (Å²) in [5, 5.41) is 14.4. The summed E-state index contributed by atoms with van der Waals surface area (Å²) in [5.74, 6) is -2.99.